The minimum Gasteiger partial charge on any atom is -0.461 e. The van der Waals surface area contributed by atoms with Crippen molar-refractivity contribution < 1.29 is 19.1 Å². The molecule has 0 fully saturated rings. The van der Waals surface area contributed by atoms with Crippen LogP contribution in [0.4, 0.5) is 0 Å². The number of carbonyl (C=O) groups is 2. The van der Waals surface area contributed by atoms with Crippen molar-refractivity contribution in [3.05, 3.63) is 35.4 Å². The summed E-state index contributed by atoms with van der Waals surface area (Å²) in [5.74, 6) is -0.740. The molecule has 0 aliphatic carbocycles. The summed E-state index contributed by atoms with van der Waals surface area (Å²) in [4.78, 5) is 28.7. The normalized spacial score (nSPS) is 11.1. The Morgan fingerprint density at radius 3 is 1.37 bits per heavy atom. The van der Waals surface area contributed by atoms with E-state index < -0.39 is 0 Å². The fourth-order valence-corrected chi connectivity index (χ4v) is 2.98. The van der Waals surface area contributed by atoms with Crippen molar-refractivity contribution in [3.8, 4) is 0 Å². The van der Waals surface area contributed by atoms with Crippen LogP contribution in [0.1, 0.15) is 73.1 Å². The van der Waals surface area contributed by atoms with Gasteiger partial charge in [0.1, 0.15) is 13.2 Å². The van der Waals surface area contributed by atoms with Crippen molar-refractivity contribution in [2.45, 2.75) is 52.4 Å². The first-order valence-corrected chi connectivity index (χ1v) is 11.3. The molecule has 1 rings (SSSR count). The fraction of sp³-hybridized carbons (Fsp3) is 0.667. The molecule has 0 radical (unpaired) electrons. The number of benzene rings is 1. The molecule has 1 aromatic rings. The van der Waals surface area contributed by atoms with E-state index in [4.69, 9.17) is 9.47 Å². The highest BCUT2D eigenvalue weighted by Gasteiger charge is 2.11. The number of rotatable bonds is 16. The highest BCUT2D eigenvalue weighted by molar-refractivity contribution is 5.93. The maximum Gasteiger partial charge on any atom is 0.338 e. The molecular weight excluding hydrogens is 380 g/mol. The zero-order chi connectivity index (χ0) is 22.2. The molecule has 6 nitrogen and oxygen atoms in total. The summed E-state index contributed by atoms with van der Waals surface area (Å²) in [6, 6.07) is 6.45. The van der Waals surface area contributed by atoms with Crippen molar-refractivity contribution in [1.29, 1.82) is 0 Å². The average molecular weight is 421 g/mol. The van der Waals surface area contributed by atoms with Gasteiger partial charge in [-0.1, -0.05) is 39.5 Å². The molecule has 0 aliphatic rings. The van der Waals surface area contributed by atoms with E-state index in [0.29, 0.717) is 37.4 Å². The molecule has 0 aromatic heterocycles. The second-order valence-corrected chi connectivity index (χ2v) is 7.87. The number of hydrogen-bond donors (Lipinski definition) is 0. The van der Waals surface area contributed by atoms with Crippen molar-refractivity contribution >= 4 is 11.9 Å². The summed E-state index contributed by atoms with van der Waals surface area (Å²) in [6.45, 7) is 8.53. The van der Waals surface area contributed by atoms with E-state index in [1.165, 1.54) is 25.7 Å². The Balaban J connectivity index is 2.30. The second kappa shape index (κ2) is 15.9. The highest BCUT2D eigenvalue weighted by Crippen LogP contribution is 2.08. The molecule has 1 aromatic carbocycles. The average Bonchev–Trinajstić information content (AvgIpc) is 2.74. The van der Waals surface area contributed by atoms with Gasteiger partial charge in [0.2, 0.25) is 0 Å². The van der Waals surface area contributed by atoms with Crippen LogP contribution in [0.5, 0.6) is 0 Å². The van der Waals surface area contributed by atoms with Crippen LogP contribution in [0.25, 0.3) is 0 Å². The van der Waals surface area contributed by atoms with Crippen LogP contribution < -0.4 is 0 Å². The third-order valence-corrected chi connectivity index (χ3v) is 5.06. The van der Waals surface area contributed by atoms with Gasteiger partial charge in [-0.05, 0) is 64.3 Å². The van der Waals surface area contributed by atoms with Crippen LogP contribution in [0, 0.1) is 0 Å². The molecule has 0 atom stereocenters. The second-order valence-electron chi connectivity index (χ2n) is 7.87. The zero-order valence-electron chi connectivity index (χ0n) is 19.3. The van der Waals surface area contributed by atoms with Gasteiger partial charge in [0.15, 0.2) is 0 Å². The minimum atomic E-state index is -0.370. The number of esters is 2. The van der Waals surface area contributed by atoms with Gasteiger partial charge in [-0.25, -0.2) is 9.59 Å². The summed E-state index contributed by atoms with van der Waals surface area (Å²) in [7, 11) is 4.07. The molecule has 170 valence electrons. The number of unbranched alkanes of at least 4 members (excludes halogenated alkanes) is 4. The Bertz CT molecular complexity index is 551. The molecule has 6 heteroatoms. The van der Waals surface area contributed by atoms with Crippen molar-refractivity contribution in [1.82, 2.24) is 9.80 Å². The van der Waals surface area contributed by atoms with Crippen molar-refractivity contribution in [2.75, 3.05) is 53.5 Å². The van der Waals surface area contributed by atoms with Crippen LogP contribution in [-0.2, 0) is 9.47 Å². The monoisotopic (exact) mass is 420 g/mol. The molecule has 0 N–H and O–H groups in total. The van der Waals surface area contributed by atoms with Crippen LogP contribution in [0.3, 0.4) is 0 Å². The minimum absolute atomic E-state index is 0.358. The van der Waals surface area contributed by atoms with Gasteiger partial charge in [-0.3, -0.25) is 0 Å². The number of nitrogens with zero attached hydrogens (tertiary/aromatic N) is 2. The molecule has 0 heterocycles. The Labute approximate surface area is 182 Å². The maximum absolute atomic E-state index is 12.2. The molecule has 0 saturated carbocycles. The lowest BCUT2D eigenvalue weighted by molar-refractivity contribution is 0.0458. The first-order chi connectivity index (χ1) is 14.5. The van der Waals surface area contributed by atoms with Crippen molar-refractivity contribution in [3.63, 3.8) is 0 Å². The summed E-state index contributed by atoms with van der Waals surface area (Å²) in [6.07, 6.45) is 7.15. The van der Waals surface area contributed by atoms with Crippen LogP contribution >= 0.6 is 0 Å². The van der Waals surface area contributed by atoms with E-state index in [1.807, 2.05) is 14.1 Å². The zero-order valence-corrected chi connectivity index (χ0v) is 19.3. The summed E-state index contributed by atoms with van der Waals surface area (Å²) < 4.78 is 10.7. The smallest absolute Gasteiger partial charge is 0.338 e. The van der Waals surface area contributed by atoms with Gasteiger partial charge in [-0.15, -0.1) is 0 Å². The van der Waals surface area contributed by atoms with Crippen LogP contribution in [0.2, 0.25) is 0 Å². The summed E-state index contributed by atoms with van der Waals surface area (Å²) >= 11 is 0. The lowest BCUT2D eigenvalue weighted by Gasteiger charge is -2.16. The fourth-order valence-electron chi connectivity index (χ4n) is 2.98. The van der Waals surface area contributed by atoms with E-state index in [-0.39, 0.29) is 11.9 Å². The van der Waals surface area contributed by atoms with Gasteiger partial charge in [0.05, 0.1) is 11.1 Å². The maximum atomic E-state index is 12.2. The van der Waals surface area contributed by atoms with Crippen LogP contribution in [-0.4, -0.2) is 75.2 Å². The largest absolute Gasteiger partial charge is 0.461 e. The van der Waals surface area contributed by atoms with Gasteiger partial charge in [0.25, 0.3) is 0 Å². The Hall–Kier alpha value is -1.92. The molecule has 30 heavy (non-hydrogen) atoms. The molecule has 0 bridgehead atoms. The third-order valence-electron chi connectivity index (χ3n) is 5.06. The van der Waals surface area contributed by atoms with Gasteiger partial charge in [0, 0.05) is 13.1 Å². The van der Waals surface area contributed by atoms with Gasteiger partial charge < -0.3 is 19.3 Å². The number of hydrogen-bond acceptors (Lipinski definition) is 6. The van der Waals surface area contributed by atoms with E-state index in [1.54, 1.807) is 24.3 Å². The van der Waals surface area contributed by atoms with Crippen LogP contribution in [0.15, 0.2) is 24.3 Å². The molecule has 0 spiro atoms. The summed E-state index contributed by atoms with van der Waals surface area (Å²) in [5.41, 5.74) is 0.881. The molecular formula is C24H40N2O4. The summed E-state index contributed by atoms with van der Waals surface area (Å²) in [5, 5.41) is 0. The Morgan fingerprint density at radius 2 is 1.03 bits per heavy atom. The van der Waals surface area contributed by atoms with E-state index in [2.05, 4.69) is 23.6 Å². The molecule has 0 amide bonds. The number of carbonyl (C=O) groups excluding carboxylic acids is 2. The number of likely N-dealkylation sites (N-methyl/N-ethyl adjacent to an activating group) is 2. The standard InChI is InChI=1S/C24H40N2O4/c1-5-7-9-15-25(3)17-19-29-23(27)21-11-13-22(14-12-21)24(28)30-20-18-26(4)16-10-8-6-2/h11-14H,5-10,15-20H2,1-4H3. The SMILES string of the molecule is CCCCCN(C)CCOC(=O)c1ccc(C(=O)OCCN(C)CCCCC)cc1. The number of ether oxygens (including phenoxy) is 2. The predicted molar refractivity (Wildman–Crippen MR) is 121 cm³/mol. The highest BCUT2D eigenvalue weighted by atomic mass is 16.5. The lowest BCUT2D eigenvalue weighted by Crippen LogP contribution is -2.25. The van der Waals surface area contributed by atoms with E-state index in [9.17, 15) is 9.59 Å². The Kier molecular flexibility index (Phi) is 13.8. The predicted octanol–water partition coefficient (Wildman–Crippen LogP) is 4.24. The molecule has 0 aliphatic heterocycles. The molecule has 0 unspecified atom stereocenters. The lowest BCUT2D eigenvalue weighted by atomic mass is 10.1. The topological polar surface area (TPSA) is 59.1 Å². The van der Waals surface area contributed by atoms with E-state index >= 15 is 0 Å². The van der Waals surface area contributed by atoms with Crippen molar-refractivity contribution in [2.24, 2.45) is 0 Å². The first-order valence-electron chi connectivity index (χ1n) is 11.3. The third kappa shape index (κ3) is 11.3. The Morgan fingerprint density at radius 1 is 0.667 bits per heavy atom. The van der Waals surface area contributed by atoms with E-state index in [0.717, 1.165) is 25.9 Å². The molecule has 0 saturated heterocycles. The van der Waals surface area contributed by atoms with Gasteiger partial charge >= 0.3 is 11.9 Å². The quantitative estimate of drug-likeness (QED) is 0.294. The van der Waals surface area contributed by atoms with Gasteiger partial charge in [-0.2, -0.15) is 0 Å². The first kappa shape index (κ1) is 26.1.